The molecule has 2 aliphatic rings. The highest BCUT2D eigenvalue weighted by Gasteiger charge is 2.35. The Bertz CT molecular complexity index is 671. The first-order valence-corrected chi connectivity index (χ1v) is 8.89. The number of carbonyl (C=O) groups excluding carboxylic acids is 3. The van der Waals surface area contributed by atoms with Crippen molar-refractivity contribution >= 4 is 33.7 Å². The van der Waals surface area contributed by atoms with Crippen molar-refractivity contribution in [2.75, 3.05) is 19.7 Å². The number of benzene rings is 1. The molecular formula is C17H19BrN2O4. The van der Waals surface area contributed by atoms with Crippen molar-refractivity contribution in [3.8, 4) is 0 Å². The molecule has 1 aromatic carbocycles. The maximum atomic E-state index is 12.3. The standard InChI is InChI=1S/C17H19BrN2O4/c18-11-5-6-13-14(9-11)17(23)20(16(13)22)7-1-4-15(21)19-10-12-3-2-8-24-12/h5-6,9,12H,1-4,7-8,10H2,(H,19,21). The zero-order valence-electron chi connectivity index (χ0n) is 13.2. The van der Waals surface area contributed by atoms with E-state index in [1.54, 1.807) is 18.2 Å². The molecule has 1 saturated heterocycles. The Hall–Kier alpha value is -1.73. The summed E-state index contributed by atoms with van der Waals surface area (Å²) in [6.07, 6.45) is 2.86. The van der Waals surface area contributed by atoms with Gasteiger partial charge in [0.25, 0.3) is 11.8 Å². The molecule has 128 valence electrons. The van der Waals surface area contributed by atoms with Crippen molar-refractivity contribution in [3.63, 3.8) is 0 Å². The number of carbonyl (C=O) groups is 3. The monoisotopic (exact) mass is 394 g/mol. The predicted molar refractivity (Wildman–Crippen MR) is 90.7 cm³/mol. The zero-order valence-corrected chi connectivity index (χ0v) is 14.8. The van der Waals surface area contributed by atoms with Crippen molar-refractivity contribution in [2.45, 2.75) is 31.8 Å². The Balaban J connectivity index is 1.46. The lowest BCUT2D eigenvalue weighted by molar-refractivity contribution is -0.121. The second-order valence-electron chi connectivity index (χ2n) is 5.99. The lowest BCUT2D eigenvalue weighted by Gasteiger charge is -2.14. The van der Waals surface area contributed by atoms with Crippen molar-refractivity contribution in [3.05, 3.63) is 33.8 Å². The third-order valence-electron chi connectivity index (χ3n) is 4.27. The summed E-state index contributed by atoms with van der Waals surface area (Å²) >= 11 is 3.30. The van der Waals surface area contributed by atoms with Gasteiger partial charge in [-0.3, -0.25) is 19.3 Å². The van der Waals surface area contributed by atoms with Gasteiger partial charge in [0.05, 0.1) is 17.2 Å². The van der Waals surface area contributed by atoms with Crippen molar-refractivity contribution in [1.29, 1.82) is 0 Å². The minimum Gasteiger partial charge on any atom is -0.376 e. The van der Waals surface area contributed by atoms with Crippen LogP contribution in [0, 0.1) is 0 Å². The van der Waals surface area contributed by atoms with Gasteiger partial charge in [-0.05, 0) is 37.5 Å². The van der Waals surface area contributed by atoms with E-state index in [1.807, 2.05) is 0 Å². The SMILES string of the molecule is O=C(CCCN1C(=O)c2ccc(Br)cc2C1=O)NCC1CCCO1. The van der Waals surface area contributed by atoms with Gasteiger partial charge in [-0.25, -0.2) is 0 Å². The topological polar surface area (TPSA) is 75.7 Å². The van der Waals surface area contributed by atoms with Crippen LogP contribution in [-0.2, 0) is 9.53 Å². The second kappa shape index (κ2) is 7.44. The quantitative estimate of drug-likeness (QED) is 0.749. The van der Waals surface area contributed by atoms with Gasteiger partial charge >= 0.3 is 0 Å². The van der Waals surface area contributed by atoms with E-state index in [1.165, 1.54) is 4.90 Å². The van der Waals surface area contributed by atoms with Crippen LogP contribution >= 0.6 is 15.9 Å². The highest BCUT2D eigenvalue weighted by molar-refractivity contribution is 9.10. The summed E-state index contributed by atoms with van der Waals surface area (Å²) in [5, 5.41) is 2.84. The van der Waals surface area contributed by atoms with Crippen LogP contribution in [0.1, 0.15) is 46.4 Å². The van der Waals surface area contributed by atoms with Crippen molar-refractivity contribution in [1.82, 2.24) is 10.2 Å². The molecule has 0 aliphatic carbocycles. The van der Waals surface area contributed by atoms with Gasteiger partial charge in [0, 0.05) is 30.6 Å². The van der Waals surface area contributed by atoms with Gasteiger partial charge < -0.3 is 10.1 Å². The molecule has 6 nitrogen and oxygen atoms in total. The number of amides is 3. The third-order valence-corrected chi connectivity index (χ3v) is 4.76. The van der Waals surface area contributed by atoms with E-state index in [0.717, 1.165) is 23.9 Å². The van der Waals surface area contributed by atoms with Crippen molar-refractivity contribution in [2.24, 2.45) is 0 Å². The maximum absolute atomic E-state index is 12.3. The Morgan fingerprint density at radius 1 is 1.29 bits per heavy atom. The van der Waals surface area contributed by atoms with Crippen LogP contribution in [0.2, 0.25) is 0 Å². The van der Waals surface area contributed by atoms with E-state index in [0.29, 0.717) is 24.1 Å². The fraction of sp³-hybridized carbons (Fsp3) is 0.471. The molecule has 7 heteroatoms. The molecule has 0 bridgehead atoms. The van der Waals surface area contributed by atoms with Gasteiger partial charge in [0.2, 0.25) is 5.91 Å². The first kappa shape index (κ1) is 17.1. The summed E-state index contributed by atoms with van der Waals surface area (Å²) in [5.74, 6) is -0.664. The van der Waals surface area contributed by atoms with Crippen LogP contribution in [0.5, 0.6) is 0 Å². The minimum absolute atomic E-state index is 0.0788. The molecule has 2 aliphatic heterocycles. The van der Waals surface area contributed by atoms with Crippen LogP contribution in [0.3, 0.4) is 0 Å². The van der Waals surface area contributed by atoms with E-state index >= 15 is 0 Å². The van der Waals surface area contributed by atoms with E-state index in [2.05, 4.69) is 21.2 Å². The van der Waals surface area contributed by atoms with Gasteiger partial charge in [0.1, 0.15) is 0 Å². The zero-order chi connectivity index (χ0) is 17.1. The van der Waals surface area contributed by atoms with Crippen LogP contribution in [0.25, 0.3) is 0 Å². The summed E-state index contributed by atoms with van der Waals surface area (Å²) in [4.78, 5) is 37.6. The Kier molecular flexibility index (Phi) is 5.30. The number of halogens is 1. The number of fused-ring (bicyclic) bond motifs is 1. The van der Waals surface area contributed by atoms with Crippen molar-refractivity contribution < 1.29 is 19.1 Å². The minimum atomic E-state index is -0.295. The molecule has 1 unspecified atom stereocenters. The number of hydrogen-bond acceptors (Lipinski definition) is 4. The molecule has 1 atom stereocenters. The third kappa shape index (κ3) is 3.67. The van der Waals surface area contributed by atoms with Gasteiger partial charge in [0.15, 0.2) is 0 Å². The number of hydrogen-bond donors (Lipinski definition) is 1. The molecule has 3 amide bonds. The number of imide groups is 1. The van der Waals surface area contributed by atoms with Crippen LogP contribution < -0.4 is 5.32 Å². The predicted octanol–water partition coefficient (Wildman–Crippen LogP) is 2.12. The average Bonchev–Trinajstić information content (AvgIpc) is 3.16. The molecule has 2 heterocycles. The average molecular weight is 395 g/mol. The smallest absolute Gasteiger partial charge is 0.261 e. The van der Waals surface area contributed by atoms with Gasteiger partial charge in [-0.15, -0.1) is 0 Å². The molecule has 0 radical (unpaired) electrons. The Morgan fingerprint density at radius 2 is 2.08 bits per heavy atom. The number of nitrogens with one attached hydrogen (secondary N) is 1. The fourth-order valence-electron chi connectivity index (χ4n) is 2.99. The fourth-order valence-corrected chi connectivity index (χ4v) is 3.35. The molecule has 0 aromatic heterocycles. The lowest BCUT2D eigenvalue weighted by atomic mass is 10.1. The summed E-state index contributed by atoms with van der Waals surface area (Å²) in [6, 6.07) is 5.05. The molecule has 1 aromatic rings. The molecular weight excluding hydrogens is 376 g/mol. The highest BCUT2D eigenvalue weighted by Crippen LogP contribution is 2.26. The summed E-state index contributed by atoms with van der Waals surface area (Å²) in [6.45, 7) is 1.54. The molecule has 0 spiro atoms. The molecule has 24 heavy (non-hydrogen) atoms. The first-order valence-electron chi connectivity index (χ1n) is 8.10. The second-order valence-corrected chi connectivity index (χ2v) is 6.91. The maximum Gasteiger partial charge on any atom is 0.261 e. The molecule has 1 N–H and O–H groups in total. The Morgan fingerprint density at radius 3 is 2.83 bits per heavy atom. The lowest BCUT2D eigenvalue weighted by Crippen LogP contribution is -2.34. The van der Waals surface area contributed by atoms with E-state index < -0.39 is 0 Å². The molecule has 3 rings (SSSR count). The summed E-state index contributed by atoms with van der Waals surface area (Å²) < 4.78 is 6.21. The summed E-state index contributed by atoms with van der Waals surface area (Å²) in [7, 11) is 0. The van der Waals surface area contributed by atoms with Gasteiger partial charge in [-0.1, -0.05) is 15.9 Å². The van der Waals surface area contributed by atoms with Crippen LogP contribution in [0.4, 0.5) is 0 Å². The number of rotatable bonds is 6. The van der Waals surface area contributed by atoms with E-state index in [4.69, 9.17) is 4.74 Å². The molecule has 0 saturated carbocycles. The highest BCUT2D eigenvalue weighted by atomic mass is 79.9. The first-order chi connectivity index (χ1) is 11.6. The molecule has 1 fully saturated rings. The normalized spacial score (nSPS) is 19.7. The largest absolute Gasteiger partial charge is 0.376 e. The van der Waals surface area contributed by atoms with Crippen LogP contribution in [0.15, 0.2) is 22.7 Å². The van der Waals surface area contributed by atoms with Gasteiger partial charge in [-0.2, -0.15) is 0 Å². The Labute approximate surface area is 148 Å². The van der Waals surface area contributed by atoms with E-state index in [-0.39, 0.29) is 36.8 Å². The number of ether oxygens (including phenoxy) is 1. The van der Waals surface area contributed by atoms with Crippen LogP contribution in [-0.4, -0.2) is 48.4 Å². The van der Waals surface area contributed by atoms with E-state index in [9.17, 15) is 14.4 Å². The summed E-state index contributed by atoms with van der Waals surface area (Å²) in [5.41, 5.74) is 0.836. The number of nitrogens with zero attached hydrogens (tertiary/aromatic N) is 1.